The Morgan fingerprint density at radius 2 is 1.90 bits per heavy atom. The Balaban J connectivity index is 1.58. The second-order valence-electron chi connectivity index (χ2n) is 11.5. The van der Waals surface area contributed by atoms with Gasteiger partial charge in [-0.1, -0.05) is 6.92 Å². The van der Waals surface area contributed by atoms with Crippen molar-refractivity contribution in [1.29, 1.82) is 0 Å². The minimum absolute atomic E-state index is 0.000283. The zero-order valence-corrected chi connectivity index (χ0v) is 18.9. The molecule has 0 aromatic rings. The third-order valence-electron chi connectivity index (χ3n) is 11.2. The molecule has 0 radical (unpaired) electrons. The zero-order valence-electron chi connectivity index (χ0n) is 18.9. The van der Waals surface area contributed by atoms with E-state index in [0.717, 1.165) is 45.4 Å². The SMILES string of the molecule is CCN1C[C@@]2(COC)CC[C@H](OC)[C@@]34[C@@H]5C[C@H]6C(O)[C@@H]5[C@](O)(C[C@@H]6OC)[C@@H](C[C@H]23)[C@@H]14. The number of piperidine rings is 1. The number of ether oxygens (including phenoxy) is 3. The molecule has 0 aromatic carbocycles. The van der Waals surface area contributed by atoms with Gasteiger partial charge in [-0.2, -0.15) is 0 Å². The van der Waals surface area contributed by atoms with Crippen molar-refractivity contribution in [3.8, 4) is 0 Å². The second kappa shape index (κ2) is 6.42. The van der Waals surface area contributed by atoms with Crippen LogP contribution < -0.4 is 0 Å². The van der Waals surface area contributed by atoms with Crippen molar-refractivity contribution in [3.05, 3.63) is 0 Å². The number of hydrogen-bond donors (Lipinski definition) is 2. The van der Waals surface area contributed by atoms with Crippen LogP contribution in [0.15, 0.2) is 0 Å². The van der Waals surface area contributed by atoms with Crippen LogP contribution in [-0.4, -0.2) is 86.1 Å². The normalized spacial score (nSPS) is 60.8. The summed E-state index contributed by atoms with van der Waals surface area (Å²) < 4.78 is 18.0. The van der Waals surface area contributed by atoms with E-state index in [-0.39, 0.29) is 46.7 Å². The molecule has 30 heavy (non-hydrogen) atoms. The van der Waals surface area contributed by atoms with E-state index in [2.05, 4.69) is 11.8 Å². The fourth-order valence-electron chi connectivity index (χ4n) is 10.7. The van der Waals surface area contributed by atoms with E-state index in [4.69, 9.17) is 14.2 Å². The summed E-state index contributed by atoms with van der Waals surface area (Å²) in [6.45, 7) is 5.11. The van der Waals surface area contributed by atoms with Gasteiger partial charge in [0.2, 0.25) is 0 Å². The number of nitrogens with zero attached hydrogens (tertiary/aromatic N) is 1. The van der Waals surface area contributed by atoms with Gasteiger partial charge >= 0.3 is 0 Å². The molecule has 5 saturated carbocycles. The topological polar surface area (TPSA) is 71.4 Å². The predicted molar refractivity (Wildman–Crippen MR) is 111 cm³/mol. The van der Waals surface area contributed by atoms with Crippen LogP contribution in [0.4, 0.5) is 0 Å². The number of rotatable bonds is 5. The first kappa shape index (κ1) is 20.4. The number of fused-ring (bicyclic) bond motifs is 2. The lowest BCUT2D eigenvalue weighted by Gasteiger charge is -2.69. The fraction of sp³-hybridized carbons (Fsp3) is 1.00. The Kier molecular flexibility index (Phi) is 4.36. The van der Waals surface area contributed by atoms with Gasteiger partial charge in [-0.25, -0.2) is 0 Å². The first-order chi connectivity index (χ1) is 14.4. The van der Waals surface area contributed by atoms with Crippen LogP contribution in [0.2, 0.25) is 0 Å². The Bertz CT molecular complexity index is 720. The molecule has 6 aliphatic rings. The fourth-order valence-corrected chi connectivity index (χ4v) is 10.7. The molecule has 2 N–H and O–H groups in total. The third kappa shape index (κ3) is 2.00. The molecule has 1 saturated heterocycles. The second-order valence-corrected chi connectivity index (χ2v) is 11.5. The maximum absolute atomic E-state index is 12.4. The average Bonchev–Trinajstić information content (AvgIpc) is 3.15. The van der Waals surface area contributed by atoms with Crippen LogP contribution >= 0.6 is 0 Å². The molecule has 6 fully saturated rings. The molecule has 1 aliphatic heterocycles. The number of hydrogen-bond acceptors (Lipinski definition) is 6. The minimum Gasteiger partial charge on any atom is -0.392 e. The van der Waals surface area contributed by atoms with Crippen molar-refractivity contribution < 1.29 is 24.4 Å². The van der Waals surface area contributed by atoms with E-state index in [1.807, 2.05) is 14.2 Å². The molecule has 1 heterocycles. The standard InChI is InChI=1S/C24H39NO5/c1-5-25-11-22(12-28-2)7-6-18(30-4)24-14-8-13-16(29-3)10-23(27,19(14)20(13)26)15(21(24)25)9-17(22)24/h13-21,26-27H,5-12H2,1-4H3/t13-,14-,15+,16+,17-,18+,19-,20?,21-,22-,23+,24-/m1/s1. The molecule has 1 unspecified atom stereocenters. The van der Waals surface area contributed by atoms with Gasteiger partial charge in [0.15, 0.2) is 0 Å². The molecule has 12 atom stereocenters. The summed E-state index contributed by atoms with van der Waals surface area (Å²) in [7, 11) is 5.48. The van der Waals surface area contributed by atoms with Crippen LogP contribution in [0.5, 0.6) is 0 Å². The Labute approximate surface area is 180 Å². The molecule has 0 aromatic heterocycles. The van der Waals surface area contributed by atoms with Crippen LogP contribution in [0.1, 0.15) is 39.0 Å². The van der Waals surface area contributed by atoms with Crippen LogP contribution in [0.3, 0.4) is 0 Å². The van der Waals surface area contributed by atoms with Gasteiger partial charge in [-0.15, -0.1) is 0 Å². The Morgan fingerprint density at radius 1 is 1.10 bits per heavy atom. The molecular formula is C24H39NO5. The highest BCUT2D eigenvalue weighted by Crippen LogP contribution is 2.79. The summed E-state index contributed by atoms with van der Waals surface area (Å²) >= 11 is 0. The Morgan fingerprint density at radius 3 is 2.57 bits per heavy atom. The quantitative estimate of drug-likeness (QED) is 0.702. The molecule has 7 bridgehead atoms. The Hall–Kier alpha value is -0.240. The summed E-state index contributed by atoms with van der Waals surface area (Å²) in [6, 6.07) is 0.329. The maximum Gasteiger partial charge on any atom is 0.0771 e. The summed E-state index contributed by atoms with van der Waals surface area (Å²) in [6.07, 6.45) is 4.52. The van der Waals surface area contributed by atoms with E-state index in [1.165, 1.54) is 0 Å². The molecule has 0 amide bonds. The van der Waals surface area contributed by atoms with Gasteiger partial charge in [-0.05, 0) is 44.1 Å². The summed E-state index contributed by atoms with van der Waals surface area (Å²) in [5.41, 5.74) is -0.719. The molecule has 5 aliphatic carbocycles. The van der Waals surface area contributed by atoms with Crippen LogP contribution in [0.25, 0.3) is 0 Å². The van der Waals surface area contributed by atoms with Crippen molar-refractivity contribution in [3.63, 3.8) is 0 Å². The minimum atomic E-state index is -0.847. The number of methoxy groups -OCH3 is 3. The largest absolute Gasteiger partial charge is 0.392 e. The van der Waals surface area contributed by atoms with Crippen molar-refractivity contribution >= 4 is 0 Å². The van der Waals surface area contributed by atoms with Gasteiger partial charge in [-0.3, -0.25) is 4.90 Å². The van der Waals surface area contributed by atoms with Crippen LogP contribution in [-0.2, 0) is 14.2 Å². The van der Waals surface area contributed by atoms with E-state index in [1.54, 1.807) is 7.11 Å². The highest BCUT2D eigenvalue weighted by Gasteiger charge is 2.83. The van der Waals surface area contributed by atoms with E-state index in [0.29, 0.717) is 18.4 Å². The monoisotopic (exact) mass is 421 g/mol. The molecule has 6 nitrogen and oxygen atoms in total. The lowest BCUT2D eigenvalue weighted by molar-refractivity contribution is -0.276. The van der Waals surface area contributed by atoms with Crippen molar-refractivity contribution in [2.45, 2.75) is 69.0 Å². The zero-order chi connectivity index (χ0) is 21.1. The summed E-state index contributed by atoms with van der Waals surface area (Å²) in [5, 5.41) is 23.8. The lowest BCUT2D eigenvalue weighted by atomic mass is 9.43. The number of likely N-dealkylation sites (tertiary alicyclic amines) is 1. The molecule has 6 rings (SSSR count). The number of aliphatic hydroxyl groups is 2. The first-order valence-corrected chi connectivity index (χ1v) is 12.1. The van der Waals surface area contributed by atoms with Crippen molar-refractivity contribution in [2.24, 2.45) is 40.4 Å². The smallest absolute Gasteiger partial charge is 0.0771 e. The summed E-state index contributed by atoms with van der Waals surface area (Å²) in [5.74, 6) is 1.03. The first-order valence-electron chi connectivity index (χ1n) is 12.1. The maximum atomic E-state index is 12.4. The van der Waals surface area contributed by atoms with E-state index in [9.17, 15) is 10.2 Å². The highest BCUT2D eigenvalue weighted by atomic mass is 16.5. The molecular weight excluding hydrogens is 382 g/mol. The van der Waals surface area contributed by atoms with E-state index >= 15 is 0 Å². The molecule has 170 valence electrons. The van der Waals surface area contributed by atoms with E-state index < -0.39 is 11.7 Å². The van der Waals surface area contributed by atoms with Crippen molar-refractivity contribution in [1.82, 2.24) is 4.90 Å². The lowest BCUT2D eigenvalue weighted by Crippen LogP contribution is -2.76. The average molecular weight is 422 g/mol. The van der Waals surface area contributed by atoms with Gasteiger partial charge in [0.1, 0.15) is 0 Å². The highest BCUT2D eigenvalue weighted by molar-refractivity contribution is 5.33. The van der Waals surface area contributed by atoms with Gasteiger partial charge < -0.3 is 24.4 Å². The number of aliphatic hydroxyl groups excluding tert-OH is 1. The van der Waals surface area contributed by atoms with Gasteiger partial charge in [0, 0.05) is 68.9 Å². The molecule has 6 heteroatoms. The summed E-state index contributed by atoms with van der Waals surface area (Å²) in [4.78, 5) is 2.67. The van der Waals surface area contributed by atoms with Crippen LogP contribution in [0, 0.1) is 40.4 Å². The van der Waals surface area contributed by atoms with Crippen molar-refractivity contribution in [2.75, 3.05) is 41.0 Å². The van der Waals surface area contributed by atoms with Gasteiger partial charge in [0.05, 0.1) is 30.5 Å². The predicted octanol–water partition coefficient (Wildman–Crippen LogP) is 1.53. The molecule has 1 spiro atoms. The van der Waals surface area contributed by atoms with Gasteiger partial charge in [0.25, 0.3) is 0 Å². The third-order valence-corrected chi connectivity index (χ3v) is 11.2.